The Morgan fingerprint density at radius 3 is 2.96 bits per heavy atom. The molecular formula is C17H27N5O3. The molecule has 2 fully saturated rings. The Hall–Kier alpha value is -1.93. The van der Waals surface area contributed by atoms with E-state index in [-0.39, 0.29) is 24.0 Å². The van der Waals surface area contributed by atoms with Gasteiger partial charge in [0.2, 0.25) is 11.8 Å². The first-order valence-electron chi connectivity index (χ1n) is 8.96. The molecule has 3 rings (SSSR count). The second-order valence-electron chi connectivity index (χ2n) is 6.84. The van der Waals surface area contributed by atoms with Crippen molar-refractivity contribution in [1.29, 1.82) is 0 Å². The normalized spacial score (nSPS) is 24.9. The van der Waals surface area contributed by atoms with Crippen LogP contribution >= 0.6 is 0 Å². The molecule has 2 aliphatic rings. The van der Waals surface area contributed by atoms with Crippen LogP contribution in [0.3, 0.4) is 0 Å². The molecule has 1 N–H and O–H groups in total. The van der Waals surface area contributed by atoms with Crippen LogP contribution in [-0.2, 0) is 20.9 Å². The van der Waals surface area contributed by atoms with Gasteiger partial charge in [0.1, 0.15) is 0 Å². The van der Waals surface area contributed by atoms with Crippen molar-refractivity contribution in [2.45, 2.75) is 38.5 Å². The Morgan fingerprint density at radius 1 is 1.32 bits per heavy atom. The molecule has 0 aliphatic carbocycles. The minimum Gasteiger partial charge on any atom is -0.374 e. The molecule has 0 saturated carbocycles. The molecule has 1 aromatic heterocycles. The van der Waals surface area contributed by atoms with Crippen molar-refractivity contribution in [2.24, 2.45) is 0 Å². The number of likely N-dealkylation sites (tertiary alicyclic amines) is 1. The molecule has 2 amide bonds. The first-order chi connectivity index (χ1) is 12.1. The third-order valence-corrected chi connectivity index (χ3v) is 4.71. The molecule has 2 aliphatic heterocycles. The van der Waals surface area contributed by atoms with Crippen molar-refractivity contribution in [1.82, 2.24) is 24.9 Å². The van der Waals surface area contributed by atoms with E-state index in [4.69, 9.17) is 4.74 Å². The number of morpholine rings is 1. The van der Waals surface area contributed by atoms with E-state index in [9.17, 15) is 9.59 Å². The number of hydrogen-bond acceptors (Lipinski definition) is 5. The van der Waals surface area contributed by atoms with Crippen molar-refractivity contribution in [2.75, 3.05) is 39.3 Å². The SMILES string of the molecule is CC(=O)N[C@H]1CCCN(C(=O)CN2CCO[C@H](Cn3cccn3)C2)C1. The largest absolute Gasteiger partial charge is 0.374 e. The van der Waals surface area contributed by atoms with Gasteiger partial charge < -0.3 is 15.0 Å². The van der Waals surface area contributed by atoms with Gasteiger partial charge in [0.15, 0.2) is 0 Å². The van der Waals surface area contributed by atoms with Crippen molar-refractivity contribution < 1.29 is 14.3 Å². The Labute approximate surface area is 148 Å². The van der Waals surface area contributed by atoms with Crippen LogP contribution in [0.15, 0.2) is 18.5 Å². The Bertz CT molecular complexity index is 577. The van der Waals surface area contributed by atoms with Gasteiger partial charge in [-0.3, -0.25) is 19.2 Å². The Balaban J connectivity index is 1.47. The zero-order chi connectivity index (χ0) is 17.6. The molecule has 2 atom stereocenters. The first kappa shape index (κ1) is 17.9. The predicted molar refractivity (Wildman–Crippen MR) is 91.8 cm³/mol. The van der Waals surface area contributed by atoms with Crippen LogP contribution in [0.2, 0.25) is 0 Å². The molecule has 8 heteroatoms. The first-order valence-corrected chi connectivity index (χ1v) is 8.96. The zero-order valence-corrected chi connectivity index (χ0v) is 14.8. The van der Waals surface area contributed by atoms with E-state index >= 15 is 0 Å². The van der Waals surface area contributed by atoms with Crippen molar-refractivity contribution in [3.8, 4) is 0 Å². The number of carbonyl (C=O) groups is 2. The number of nitrogens with zero attached hydrogens (tertiary/aromatic N) is 4. The Kier molecular flexibility index (Phi) is 6.04. The van der Waals surface area contributed by atoms with Crippen LogP contribution < -0.4 is 5.32 Å². The zero-order valence-electron chi connectivity index (χ0n) is 14.8. The van der Waals surface area contributed by atoms with E-state index in [1.54, 1.807) is 6.20 Å². The van der Waals surface area contributed by atoms with Crippen LogP contribution in [0.4, 0.5) is 0 Å². The summed E-state index contributed by atoms with van der Waals surface area (Å²) in [6.45, 7) is 6.15. The Morgan fingerprint density at radius 2 is 2.20 bits per heavy atom. The lowest BCUT2D eigenvalue weighted by molar-refractivity contribution is -0.136. The fourth-order valence-corrected chi connectivity index (χ4v) is 3.55. The summed E-state index contributed by atoms with van der Waals surface area (Å²) in [4.78, 5) is 27.9. The molecular weight excluding hydrogens is 322 g/mol. The lowest BCUT2D eigenvalue weighted by Gasteiger charge is -2.36. The van der Waals surface area contributed by atoms with Crippen molar-refractivity contribution >= 4 is 11.8 Å². The molecule has 0 aromatic carbocycles. The van der Waals surface area contributed by atoms with E-state index in [1.165, 1.54) is 6.92 Å². The molecule has 3 heterocycles. The topological polar surface area (TPSA) is 79.7 Å². The van der Waals surface area contributed by atoms with E-state index in [0.29, 0.717) is 26.2 Å². The van der Waals surface area contributed by atoms with Crippen molar-refractivity contribution in [3.63, 3.8) is 0 Å². The van der Waals surface area contributed by atoms with E-state index in [0.717, 1.165) is 32.5 Å². The summed E-state index contributed by atoms with van der Waals surface area (Å²) in [5, 5.41) is 7.14. The van der Waals surface area contributed by atoms with E-state index < -0.39 is 0 Å². The molecule has 8 nitrogen and oxygen atoms in total. The maximum absolute atomic E-state index is 12.6. The number of aromatic nitrogens is 2. The predicted octanol–water partition coefficient (Wildman–Crippen LogP) is -0.289. The lowest BCUT2D eigenvalue weighted by atomic mass is 10.1. The van der Waals surface area contributed by atoms with Crippen LogP contribution in [-0.4, -0.2) is 82.9 Å². The molecule has 0 bridgehead atoms. The molecule has 0 radical (unpaired) electrons. The summed E-state index contributed by atoms with van der Waals surface area (Å²) in [5.41, 5.74) is 0. The van der Waals surface area contributed by atoms with Crippen molar-refractivity contribution in [3.05, 3.63) is 18.5 Å². The van der Waals surface area contributed by atoms with Crippen LogP contribution in [0.25, 0.3) is 0 Å². The summed E-state index contributed by atoms with van der Waals surface area (Å²) in [5.74, 6) is 0.101. The number of piperidine rings is 1. The minimum atomic E-state index is -0.0334. The summed E-state index contributed by atoms with van der Waals surface area (Å²) in [6, 6.07) is 1.97. The number of nitrogens with one attached hydrogen (secondary N) is 1. The van der Waals surface area contributed by atoms with Crippen LogP contribution in [0.1, 0.15) is 19.8 Å². The summed E-state index contributed by atoms with van der Waals surface area (Å²) in [6.07, 6.45) is 5.60. The van der Waals surface area contributed by atoms with Crippen LogP contribution in [0, 0.1) is 0 Å². The molecule has 0 spiro atoms. The van der Waals surface area contributed by atoms with Gasteiger partial charge in [-0.2, -0.15) is 5.10 Å². The summed E-state index contributed by atoms with van der Waals surface area (Å²) < 4.78 is 7.65. The lowest BCUT2D eigenvalue weighted by Crippen LogP contribution is -2.53. The maximum Gasteiger partial charge on any atom is 0.236 e. The molecule has 25 heavy (non-hydrogen) atoms. The van der Waals surface area contributed by atoms with Gasteiger partial charge in [0, 0.05) is 51.5 Å². The third-order valence-electron chi connectivity index (χ3n) is 4.71. The highest BCUT2D eigenvalue weighted by Crippen LogP contribution is 2.12. The van der Waals surface area contributed by atoms with Gasteiger partial charge in [-0.05, 0) is 18.9 Å². The third kappa shape index (κ3) is 5.27. The average molecular weight is 349 g/mol. The highest BCUT2D eigenvalue weighted by Gasteiger charge is 2.27. The van der Waals surface area contributed by atoms with Gasteiger partial charge in [-0.15, -0.1) is 0 Å². The maximum atomic E-state index is 12.6. The molecule has 1 aromatic rings. The van der Waals surface area contributed by atoms with E-state index in [2.05, 4.69) is 15.3 Å². The van der Waals surface area contributed by atoms with Gasteiger partial charge in [-0.25, -0.2) is 0 Å². The molecule has 2 saturated heterocycles. The van der Waals surface area contributed by atoms with Gasteiger partial charge >= 0.3 is 0 Å². The highest BCUT2D eigenvalue weighted by atomic mass is 16.5. The number of rotatable bonds is 5. The fraction of sp³-hybridized carbons (Fsp3) is 0.706. The second kappa shape index (κ2) is 8.44. The van der Waals surface area contributed by atoms with E-state index in [1.807, 2.05) is 21.8 Å². The quantitative estimate of drug-likeness (QED) is 0.790. The number of carbonyl (C=O) groups excluding carboxylic acids is 2. The smallest absolute Gasteiger partial charge is 0.236 e. The fourth-order valence-electron chi connectivity index (χ4n) is 3.55. The summed E-state index contributed by atoms with van der Waals surface area (Å²) in [7, 11) is 0. The monoisotopic (exact) mass is 349 g/mol. The van der Waals surface area contributed by atoms with Gasteiger partial charge in [0.25, 0.3) is 0 Å². The highest BCUT2D eigenvalue weighted by molar-refractivity contribution is 5.78. The number of ether oxygens (including phenoxy) is 1. The molecule has 0 unspecified atom stereocenters. The summed E-state index contributed by atoms with van der Waals surface area (Å²) >= 11 is 0. The number of amides is 2. The van der Waals surface area contributed by atoms with Crippen LogP contribution in [0.5, 0.6) is 0 Å². The standard InChI is InChI=1S/C17H27N5O3/c1-14(23)19-15-4-2-6-21(10-15)17(24)13-20-8-9-25-16(11-20)12-22-7-3-5-18-22/h3,5,7,15-16H,2,4,6,8-13H2,1H3,(H,19,23)/t15-,16-/m0/s1. The average Bonchev–Trinajstić information content (AvgIpc) is 3.08. The number of hydrogen-bond donors (Lipinski definition) is 1. The minimum absolute atomic E-state index is 0.0334. The molecule has 138 valence electrons. The second-order valence-corrected chi connectivity index (χ2v) is 6.84. The van der Waals surface area contributed by atoms with Gasteiger partial charge in [0.05, 0.1) is 25.8 Å². The van der Waals surface area contributed by atoms with Gasteiger partial charge in [-0.1, -0.05) is 0 Å².